The highest BCUT2D eigenvalue weighted by Gasteiger charge is 2.26. The van der Waals surface area contributed by atoms with Gasteiger partial charge in [-0.2, -0.15) is 10.2 Å². The van der Waals surface area contributed by atoms with Crippen LogP contribution in [0.15, 0.2) is 91.0 Å². The molecule has 3 N–H and O–H groups in total. The molecule has 0 spiro atoms. The summed E-state index contributed by atoms with van der Waals surface area (Å²) in [6.07, 6.45) is 1.53. The van der Waals surface area contributed by atoms with Crippen LogP contribution in [0.25, 0.3) is 22.5 Å². The first-order chi connectivity index (χ1) is 21.2. The van der Waals surface area contributed by atoms with Crippen molar-refractivity contribution in [1.29, 1.82) is 0 Å². The molecule has 0 atom stereocenters. The highest BCUT2D eigenvalue weighted by Crippen LogP contribution is 2.28. The van der Waals surface area contributed by atoms with Gasteiger partial charge in [-0.05, 0) is 5.56 Å². The second kappa shape index (κ2) is 14.3. The lowest BCUT2D eigenvalue weighted by Crippen LogP contribution is -2.36. The predicted molar refractivity (Wildman–Crippen MR) is 166 cm³/mol. The number of hydrogen-bond donors (Lipinski definition) is 3. The van der Waals surface area contributed by atoms with Crippen molar-refractivity contribution in [1.82, 2.24) is 30.6 Å². The number of carbonyl (C=O) groups is 1. The van der Waals surface area contributed by atoms with Crippen molar-refractivity contribution in [2.24, 2.45) is 0 Å². The van der Waals surface area contributed by atoms with E-state index in [9.17, 15) is 4.79 Å². The Labute approximate surface area is 248 Å². The Morgan fingerprint density at radius 2 is 1.38 bits per heavy atom. The van der Waals surface area contributed by atoms with Gasteiger partial charge in [-0.15, -0.1) is 0 Å². The number of amides is 1. The lowest BCUT2D eigenvalue weighted by Gasteiger charge is -2.26. The van der Waals surface area contributed by atoms with Crippen LogP contribution in [0.1, 0.15) is 43.3 Å². The largest absolute Gasteiger partial charge is 0.445 e. The lowest BCUT2D eigenvalue weighted by molar-refractivity contribution is 0.0918. The number of nitrogens with one attached hydrogen (secondary N) is 3. The molecule has 1 amide bonds. The van der Waals surface area contributed by atoms with Gasteiger partial charge in [0.25, 0.3) is 0 Å². The number of carbonyl (C=O) groups excluding carboxylic acids is 1. The third kappa shape index (κ3) is 6.78. The first-order valence-corrected chi connectivity index (χ1v) is 14.4. The van der Waals surface area contributed by atoms with E-state index in [0.717, 1.165) is 59.7 Å². The van der Waals surface area contributed by atoms with E-state index in [-0.39, 0.29) is 6.09 Å². The average molecular weight is 564 g/mol. The molecule has 0 unspecified atom stereocenters. The van der Waals surface area contributed by atoms with Crippen LogP contribution >= 0.6 is 0 Å². The van der Waals surface area contributed by atoms with Crippen molar-refractivity contribution in [3.63, 3.8) is 0 Å². The second-order valence-corrected chi connectivity index (χ2v) is 9.93. The summed E-state index contributed by atoms with van der Waals surface area (Å²) in [6.45, 7) is 5.71. The molecule has 0 fully saturated rings. The molecule has 0 bridgehead atoms. The Hall–Kier alpha value is -4.69. The molecule has 2 aliphatic heterocycles. The van der Waals surface area contributed by atoms with Crippen LogP contribution in [-0.4, -0.2) is 44.5 Å². The molecule has 2 aliphatic rings. The van der Waals surface area contributed by atoms with Crippen molar-refractivity contribution in [3.8, 4) is 22.5 Å². The van der Waals surface area contributed by atoms with Crippen LogP contribution in [-0.2, 0) is 37.3 Å². The van der Waals surface area contributed by atoms with Crippen LogP contribution in [0, 0.1) is 0 Å². The number of aromatic nitrogens is 4. The van der Waals surface area contributed by atoms with Gasteiger partial charge < -0.3 is 15.0 Å². The molecule has 2 aromatic heterocycles. The van der Waals surface area contributed by atoms with Crippen molar-refractivity contribution in [3.05, 3.63) is 119 Å². The van der Waals surface area contributed by atoms with Gasteiger partial charge in [0.05, 0.1) is 17.9 Å². The SMILES string of the molecule is O=C(OCc1ccccc1)N1CCc2[nH]nc(-c3ccccc3)c2C1.[2H]CC.c1ccc(-c2n[nH]c3c2CNCC3)cc1. The Bertz CT molecular complexity index is 1570. The van der Waals surface area contributed by atoms with Crippen molar-refractivity contribution in [2.45, 2.75) is 46.4 Å². The zero-order valence-electron chi connectivity index (χ0n) is 25.0. The quantitative estimate of drug-likeness (QED) is 0.231. The first kappa shape index (κ1) is 27.5. The highest BCUT2D eigenvalue weighted by molar-refractivity contribution is 5.70. The van der Waals surface area contributed by atoms with E-state index in [1.54, 1.807) is 11.8 Å². The first-order valence-electron chi connectivity index (χ1n) is 15.1. The van der Waals surface area contributed by atoms with E-state index in [2.05, 4.69) is 37.8 Å². The van der Waals surface area contributed by atoms with Crippen molar-refractivity contribution in [2.75, 3.05) is 13.1 Å². The zero-order chi connectivity index (χ0) is 29.9. The number of aromatic amines is 2. The van der Waals surface area contributed by atoms with Gasteiger partial charge in [-0.25, -0.2) is 4.79 Å². The minimum Gasteiger partial charge on any atom is -0.445 e. The Morgan fingerprint density at radius 3 is 2.00 bits per heavy atom. The van der Waals surface area contributed by atoms with Gasteiger partial charge in [-0.1, -0.05) is 105 Å². The van der Waals surface area contributed by atoms with E-state index in [0.29, 0.717) is 26.6 Å². The molecular weight excluding hydrogens is 524 g/mol. The molecule has 4 heterocycles. The third-order valence-corrected chi connectivity index (χ3v) is 7.30. The summed E-state index contributed by atoms with van der Waals surface area (Å²) < 4.78 is 11.7. The molecular formula is C34H38N6O2. The number of benzene rings is 3. The van der Waals surface area contributed by atoms with Crippen molar-refractivity contribution < 1.29 is 10.9 Å². The number of ether oxygens (including phenoxy) is 1. The lowest BCUT2D eigenvalue weighted by atomic mass is 10.0. The smallest absolute Gasteiger partial charge is 0.410 e. The number of fused-ring (bicyclic) bond motifs is 2. The van der Waals surface area contributed by atoms with Crippen LogP contribution < -0.4 is 5.32 Å². The van der Waals surface area contributed by atoms with Crippen LogP contribution in [0.4, 0.5) is 4.79 Å². The highest BCUT2D eigenvalue weighted by atomic mass is 16.6. The van der Waals surface area contributed by atoms with Crippen LogP contribution in [0.5, 0.6) is 0 Å². The van der Waals surface area contributed by atoms with Gasteiger partial charge in [0.2, 0.25) is 0 Å². The second-order valence-electron chi connectivity index (χ2n) is 9.93. The fourth-order valence-corrected chi connectivity index (χ4v) is 5.16. The van der Waals surface area contributed by atoms with Crippen LogP contribution in [0.2, 0.25) is 0 Å². The fourth-order valence-electron chi connectivity index (χ4n) is 5.16. The van der Waals surface area contributed by atoms with Gasteiger partial charge in [0.15, 0.2) is 0 Å². The molecule has 0 radical (unpaired) electrons. The average Bonchev–Trinajstić information content (AvgIpc) is 3.70. The summed E-state index contributed by atoms with van der Waals surface area (Å²) in [6, 6.07) is 30.1. The van der Waals surface area contributed by atoms with E-state index in [1.807, 2.05) is 78.9 Å². The Balaban J connectivity index is 0.000000173. The van der Waals surface area contributed by atoms with Gasteiger partial charge in [0.1, 0.15) is 6.61 Å². The minimum atomic E-state index is -0.283. The Morgan fingerprint density at radius 1 is 0.833 bits per heavy atom. The predicted octanol–water partition coefficient (Wildman–Crippen LogP) is 6.52. The number of rotatable bonds is 4. The molecule has 5 aromatic rings. The van der Waals surface area contributed by atoms with Crippen LogP contribution in [0.3, 0.4) is 0 Å². The summed E-state index contributed by atoms with van der Waals surface area (Å²) in [5, 5.41) is 18.5. The summed E-state index contributed by atoms with van der Waals surface area (Å²) >= 11 is 0. The molecule has 216 valence electrons. The summed E-state index contributed by atoms with van der Waals surface area (Å²) in [4.78, 5) is 14.2. The minimum absolute atomic E-state index is 0.283. The third-order valence-electron chi connectivity index (χ3n) is 7.30. The molecule has 42 heavy (non-hydrogen) atoms. The molecule has 8 nitrogen and oxygen atoms in total. The maximum absolute atomic E-state index is 12.4. The van der Waals surface area contributed by atoms with Gasteiger partial charge in [0, 0.05) is 67.5 Å². The summed E-state index contributed by atoms with van der Waals surface area (Å²) in [5.74, 6) is 0. The van der Waals surface area contributed by atoms with Gasteiger partial charge >= 0.3 is 6.09 Å². The monoisotopic (exact) mass is 563 g/mol. The number of H-pyrrole nitrogens is 2. The molecule has 7 rings (SSSR count). The topological polar surface area (TPSA) is 98.9 Å². The van der Waals surface area contributed by atoms with Gasteiger partial charge in [-0.3, -0.25) is 10.2 Å². The van der Waals surface area contributed by atoms with E-state index in [1.165, 1.54) is 16.8 Å². The number of nitrogens with zero attached hydrogens (tertiary/aromatic N) is 3. The molecule has 0 aliphatic carbocycles. The van der Waals surface area contributed by atoms with E-state index in [4.69, 9.17) is 6.11 Å². The summed E-state index contributed by atoms with van der Waals surface area (Å²) in [7, 11) is 0. The summed E-state index contributed by atoms with van der Waals surface area (Å²) in [5.41, 5.74) is 10.0. The normalized spacial score (nSPS) is 13.7. The standard InChI is InChI=1S/C20H19N3O2.C12H13N3.C2H6/c24-20(25-14-15-7-3-1-4-8-15)23-12-11-18-17(13-23)19(22-21-18)16-9-5-2-6-10-16;1-2-4-9(5-3-1)12-10-8-13-7-6-11(10)14-15-12;1-2/h1-10H,11-14H2,(H,21,22);1-5,13H,6-8H2,(H,14,15);1-2H3/i;;1D. The Kier molecular flexibility index (Phi) is 9.34. The van der Waals surface area contributed by atoms with E-state index >= 15 is 0 Å². The maximum Gasteiger partial charge on any atom is 0.410 e. The number of hydrogen-bond acceptors (Lipinski definition) is 5. The van der Waals surface area contributed by atoms with E-state index < -0.39 is 0 Å². The van der Waals surface area contributed by atoms with Crippen molar-refractivity contribution >= 4 is 6.09 Å². The molecule has 3 aromatic carbocycles. The fraction of sp³-hybridized carbons (Fsp3) is 0.265. The molecule has 8 heteroatoms. The zero-order valence-corrected chi connectivity index (χ0v) is 24.0. The molecule has 0 saturated carbocycles. The molecule has 0 saturated heterocycles. The maximum atomic E-state index is 12.4.